The lowest BCUT2D eigenvalue weighted by Gasteiger charge is -2.40. The maximum atomic E-state index is 11.1. The number of Topliss-reactive ketones (excluding diaryl/α,β-unsaturated/α-hetero) is 1. The molecule has 2 N–H and O–H groups in total. The number of hydrogen-bond donors (Lipinski definition) is 2. The maximum absolute atomic E-state index is 11.1. The van der Waals surface area contributed by atoms with Crippen LogP contribution < -0.4 is 0 Å². The minimum atomic E-state index is -1.28. The van der Waals surface area contributed by atoms with Gasteiger partial charge < -0.3 is 24.4 Å². The summed E-state index contributed by atoms with van der Waals surface area (Å²) in [7, 11) is 2.74. The predicted molar refractivity (Wildman–Crippen MR) is 49.2 cm³/mol. The summed E-state index contributed by atoms with van der Waals surface area (Å²) in [6, 6.07) is 0. The lowest BCUT2D eigenvalue weighted by molar-refractivity contribution is -0.284. The molecule has 1 fully saturated rings. The molecule has 0 saturated carbocycles. The highest BCUT2D eigenvalue weighted by Crippen LogP contribution is 2.24. The fourth-order valence-corrected chi connectivity index (χ4v) is 1.70. The molecule has 1 saturated heterocycles. The topological polar surface area (TPSA) is 85.2 Å². The lowest BCUT2D eigenvalue weighted by atomic mass is 9.96. The normalized spacial score (nSPS) is 41.5. The lowest BCUT2D eigenvalue weighted by Crippen LogP contribution is -2.60. The molecule has 0 aromatic carbocycles. The third-order valence-electron chi connectivity index (χ3n) is 2.48. The van der Waals surface area contributed by atoms with Crippen LogP contribution in [0.3, 0.4) is 0 Å². The smallest absolute Gasteiger partial charge is 0.184 e. The van der Waals surface area contributed by atoms with E-state index in [1.165, 1.54) is 21.1 Å². The number of aliphatic hydroxyl groups excluding tert-OH is 2. The summed E-state index contributed by atoms with van der Waals surface area (Å²) in [6.45, 7) is 1.28. The summed E-state index contributed by atoms with van der Waals surface area (Å²) in [4.78, 5) is 11.1. The van der Waals surface area contributed by atoms with E-state index in [1.54, 1.807) is 0 Å². The van der Waals surface area contributed by atoms with Gasteiger partial charge in [-0.05, 0) is 6.92 Å². The van der Waals surface area contributed by atoms with E-state index in [0.29, 0.717) is 0 Å². The molecule has 0 amide bonds. The quantitative estimate of drug-likeness (QED) is 0.614. The third kappa shape index (κ3) is 2.35. The van der Waals surface area contributed by atoms with E-state index < -0.39 is 30.7 Å². The highest BCUT2D eigenvalue weighted by atomic mass is 16.7. The van der Waals surface area contributed by atoms with Crippen LogP contribution in [0.15, 0.2) is 0 Å². The highest BCUT2D eigenvalue weighted by molar-refractivity contribution is 5.81. The van der Waals surface area contributed by atoms with Gasteiger partial charge in [-0.25, -0.2) is 0 Å². The largest absolute Gasteiger partial charge is 0.387 e. The summed E-state index contributed by atoms with van der Waals surface area (Å²) >= 11 is 0. The van der Waals surface area contributed by atoms with Crippen molar-refractivity contribution in [3.8, 4) is 0 Å². The average molecular weight is 220 g/mol. The fourth-order valence-electron chi connectivity index (χ4n) is 1.70. The van der Waals surface area contributed by atoms with E-state index in [-0.39, 0.29) is 5.78 Å². The standard InChI is InChI=1S/C9H16O6/c1-4(10)6-5(11)7(13-2)8(14-3)9(12)15-6/h5-9,11-12H,1-3H3. The molecule has 1 aliphatic rings. The molecule has 88 valence electrons. The van der Waals surface area contributed by atoms with Crippen LogP contribution in [0.5, 0.6) is 0 Å². The van der Waals surface area contributed by atoms with E-state index >= 15 is 0 Å². The van der Waals surface area contributed by atoms with Gasteiger partial charge in [0.15, 0.2) is 12.1 Å². The van der Waals surface area contributed by atoms with Crippen LogP contribution in [-0.2, 0) is 19.0 Å². The predicted octanol–water partition coefficient (Wildman–Crippen LogP) is -1.32. The first-order chi connectivity index (χ1) is 7.02. The molecule has 0 bridgehead atoms. The summed E-state index contributed by atoms with van der Waals surface area (Å²) in [5, 5.41) is 19.3. The Kier molecular flexibility index (Phi) is 4.18. The van der Waals surface area contributed by atoms with E-state index in [0.717, 1.165) is 0 Å². The second-order valence-electron chi connectivity index (χ2n) is 3.45. The van der Waals surface area contributed by atoms with Gasteiger partial charge in [0, 0.05) is 14.2 Å². The second-order valence-corrected chi connectivity index (χ2v) is 3.45. The van der Waals surface area contributed by atoms with E-state index in [1.807, 2.05) is 0 Å². The zero-order valence-corrected chi connectivity index (χ0v) is 8.91. The Hall–Kier alpha value is -0.530. The fraction of sp³-hybridized carbons (Fsp3) is 0.889. The van der Waals surface area contributed by atoms with Crippen molar-refractivity contribution in [3.05, 3.63) is 0 Å². The first kappa shape index (κ1) is 12.5. The van der Waals surface area contributed by atoms with Crippen molar-refractivity contribution < 1.29 is 29.2 Å². The van der Waals surface area contributed by atoms with Crippen molar-refractivity contribution >= 4 is 5.78 Å². The van der Waals surface area contributed by atoms with Crippen molar-refractivity contribution in [2.75, 3.05) is 14.2 Å². The number of ketones is 1. The molecule has 5 atom stereocenters. The van der Waals surface area contributed by atoms with Crippen molar-refractivity contribution in [1.29, 1.82) is 0 Å². The molecule has 0 aliphatic carbocycles. The van der Waals surface area contributed by atoms with Gasteiger partial charge >= 0.3 is 0 Å². The van der Waals surface area contributed by atoms with Crippen LogP contribution >= 0.6 is 0 Å². The first-order valence-corrected chi connectivity index (χ1v) is 4.60. The molecule has 0 aromatic heterocycles. The van der Waals surface area contributed by atoms with Gasteiger partial charge in [0.1, 0.15) is 24.4 Å². The number of methoxy groups -OCH3 is 2. The number of carbonyl (C=O) groups is 1. The van der Waals surface area contributed by atoms with Gasteiger partial charge in [-0.3, -0.25) is 4.79 Å². The van der Waals surface area contributed by atoms with Crippen molar-refractivity contribution in [2.24, 2.45) is 0 Å². The van der Waals surface area contributed by atoms with Gasteiger partial charge in [-0.15, -0.1) is 0 Å². The number of aliphatic hydroxyl groups is 2. The Balaban J connectivity index is 2.84. The molecule has 15 heavy (non-hydrogen) atoms. The van der Waals surface area contributed by atoms with Crippen molar-refractivity contribution in [3.63, 3.8) is 0 Å². The third-order valence-corrected chi connectivity index (χ3v) is 2.48. The van der Waals surface area contributed by atoms with Crippen LogP contribution in [0.25, 0.3) is 0 Å². The van der Waals surface area contributed by atoms with Gasteiger partial charge in [0.2, 0.25) is 0 Å². The van der Waals surface area contributed by atoms with Crippen LogP contribution in [-0.4, -0.2) is 60.9 Å². The van der Waals surface area contributed by atoms with Gasteiger partial charge in [-0.1, -0.05) is 0 Å². The molecule has 0 radical (unpaired) electrons. The van der Waals surface area contributed by atoms with Gasteiger partial charge in [0.25, 0.3) is 0 Å². The highest BCUT2D eigenvalue weighted by Gasteiger charge is 2.46. The minimum absolute atomic E-state index is 0.363. The Morgan fingerprint density at radius 3 is 2.13 bits per heavy atom. The molecule has 1 heterocycles. The van der Waals surface area contributed by atoms with Crippen molar-refractivity contribution in [1.82, 2.24) is 0 Å². The summed E-state index contributed by atoms with van der Waals surface area (Å²) < 4.78 is 14.9. The number of hydrogen-bond acceptors (Lipinski definition) is 6. The summed E-state index contributed by atoms with van der Waals surface area (Å²) in [5.41, 5.74) is 0. The maximum Gasteiger partial charge on any atom is 0.184 e. The van der Waals surface area contributed by atoms with E-state index in [9.17, 15) is 15.0 Å². The van der Waals surface area contributed by atoms with E-state index in [4.69, 9.17) is 14.2 Å². The minimum Gasteiger partial charge on any atom is -0.387 e. The second kappa shape index (κ2) is 5.00. The van der Waals surface area contributed by atoms with Crippen LogP contribution in [0.4, 0.5) is 0 Å². The number of ether oxygens (including phenoxy) is 3. The Bertz CT molecular complexity index is 231. The first-order valence-electron chi connectivity index (χ1n) is 4.60. The summed E-state index contributed by atoms with van der Waals surface area (Å²) in [5.74, 6) is -0.363. The van der Waals surface area contributed by atoms with Gasteiger partial charge in [-0.2, -0.15) is 0 Å². The molecular weight excluding hydrogens is 204 g/mol. The van der Waals surface area contributed by atoms with Crippen LogP contribution in [0.1, 0.15) is 6.92 Å². The molecule has 6 heteroatoms. The van der Waals surface area contributed by atoms with Crippen LogP contribution in [0.2, 0.25) is 0 Å². The monoisotopic (exact) mass is 220 g/mol. The van der Waals surface area contributed by atoms with E-state index in [2.05, 4.69) is 0 Å². The molecule has 6 nitrogen and oxygen atoms in total. The van der Waals surface area contributed by atoms with Crippen LogP contribution in [0, 0.1) is 0 Å². The zero-order chi connectivity index (χ0) is 11.6. The SMILES string of the molecule is COC1C(O)OC(C(C)=O)C(O)C1OC. The average Bonchev–Trinajstić information content (AvgIpc) is 2.19. The molecular formula is C9H16O6. The molecule has 0 aromatic rings. The Labute approximate surface area is 87.7 Å². The zero-order valence-electron chi connectivity index (χ0n) is 8.91. The molecule has 1 aliphatic heterocycles. The molecule has 1 rings (SSSR count). The molecule has 0 spiro atoms. The van der Waals surface area contributed by atoms with Gasteiger partial charge in [0.05, 0.1) is 0 Å². The number of rotatable bonds is 3. The Morgan fingerprint density at radius 1 is 1.20 bits per heavy atom. The summed E-state index contributed by atoms with van der Waals surface area (Å²) in [6.07, 6.45) is -5.08. The molecule has 5 unspecified atom stereocenters. The Morgan fingerprint density at radius 2 is 1.73 bits per heavy atom. The number of carbonyl (C=O) groups excluding carboxylic acids is 1. The van der Waals surface area contributed by atoms with Crippen molar-refractivity contribution in [2.45, 2.75) is 37.6 Å².